The summed E-state index contributed by atoms with van der Waals surface area (Å²) in [4.78, 5) is 0. The van der Waals surface area contributed by atoms with Crippen molar-refractivity contribution in [1.82, 2.24) is 0 Å². The number of alkyl halides is 1. The largest absolute Gasteiger partial charge is 1.00 e. The molecule has 0 radical (unpaired) electrons. The Morgan fingerprint density at radius 1 is 0.486 bits per heavy atom. The lowest BCUT2D eigenvalue weighted by Gasteiger charge is -2.39. The normalized spacial score (nSPS) is 11.4. The topological polar surface area (TPSA) is 0 Å². The zero-order valence-corrected chi connectivity index (χ0v) is 25.3. The van der Waals surface area contributed by atoms with Crippen molar-refractivity contribution in [2.24, 2.45) is 0 Å². The molecule has 0 saturated carbocycles. The van der Waals surface area contributed by atoms with E-state index in [1.165, 1.54) is 120 Å². The van der Waals surface area contributed by atoms with Crippen LogP contribution in [0.15, 0.2) is 60.7 Å². The molecule has 0 bridgehead atoms. The molecule has 210 valence electrons. The number of halogens is 2. The standard InChI is InChI=1S/C34H55ClN.ClH/c1-2-3-4-5-6-7-8-9-10-11-12-13-14-15-16-23-29-36(30-28-35,31-33-24-19-17-20-25-33)32-34-26-21-18-22-27-34;/h17-22,24-27H,2-16,23,28-32H2,1H3;1H/q+1;/p-1. The van der Waals surface area contributed by atoms with E-state index < -0.39 is 0 Å². The molecule has 0 fully saturated rings. The molecule has 0 aromatic heterocycles. The van der Waals surface area contributed by atoms with E-state index in [-0.39, 0.29) is 12.4 Å². The summed E-state index contributed by atoms with van der Waals surface area (Å²) in [5.41, 5.74) is 2.85. The van der Waals surface area contributed by atoms with Gasteiger partial charge in [0, 0.05) is 11.1 Å². The van der Waals surface area contributed by atoms with Gasteiger partial charge in [0.05, 0.1) is 19.0 Å². The van der Waals surface area contributed by atoms with Gasteiger partial charge in [-0.05, 0) is 12.8 Å². The second kappa shape index (κ2) is 22.9. The van der Waals surface area contributed by atoms with Gasteiger partial charge in [0.15, 0.2) is 0 Å². The quantitative estimate of drug-likeness (QED) is 0.0758. The summed E-state index contributed by atoms with van der Waals surface area (Å²) in [5.74, 6) is 0.721. The summed E-state index contributed by atoms with van der Waals surface area (Å²) >= 11 is 6.38. The number of unbranched alkanes of at least 4 members (excludes halogenated alkanes) is 15. The molecule has 0 amide bonds. The molecule has 2 aromatic rings. The molecule has 0 aliphatic heterocycles. The number of nitrogens with zero attached hydrogens (tertiary/aromatic N) is 1. The molecule has 0 spiro atoms. The third kappa shape index (κ3) is 16.5. The zero-order chi connectivity index (χ0) is 25.6. The van der Waals surface area contributed by atoms with Gasteiger partial charge in [-0.3, -0.25) is 0 Å². The van der Waals surface area contributed by atoms with Gasteiger partial charge in [-0.25, -0.2) is 0 Å². The van der Waals surface area contributed by atoms with Crippen LogP contribution in [0, 0.1) is 0 Å². The van der Waals surface area contributed by atoms with E-state index in [9.17, 15) is 0 Å². The molecule has 37 heavy (non-hydrogen) atoms. The second-order valence-corrected chi connectivity index (χ2v) is 11.4. The molecular formula is C34H55Cl2N. The van der Waals surface area contributed by atoms with Gasteiger partial charge < -0.3 is 16.9 Å². The number of hydrogen-bond donors (Lipinski definition) is 0. The monoisotopic (exact) mass is 547 g/mol. The average Bonchev–Trinajstić information content (AvgIpc) is 2.90. The van der Waals surface area contributed by atoms with Crippen LogP contribution >= 0.6 is 11.6 Å². The Bertz CT molecular complexity index is 692. The van der Waals surface area contributed by atoms with Crippen LogP contribution in [0.25, 0.3) is 0 Å². The Morgan fingerprint density at radius 2 is 0.838 bits per heavy atom. The van der Waals surface area contributed by atoms with Crippen LogP contribution in [0.2, 0.25) is 0 Å². The van der Waals surface area contributed by atoms with E-state index >= 15 is 0 Å². The van der Waals surface area contributed by atoms with Gasteiger partial charge >= 0.3 is 0 Å². The minimum Gasteiger partial charge on any atom is -1.00 e. The lowest BCUT2D eigenvalue weighted by Crippen LogP contribution is -3.00. The van der Waals surface area contributed by atoms with E-state index in [4.69, 9.17) is 11.6 Å². The maximum Gasteiger partial charge on any atom is 0.105 e. The highest BCUT2D eigenvalue weighted by Crippen LogP contribution is 2.23. The summed E-state index contributed by atoms with van der Waals surface area (Å²) in [5, 5.41) is 0. The van der Waals surface area contributed by atoms with Crippen molar-refractivity contribution in [3.05, 3.63) is 71.8 Å². The van der Waals surface area contributed by atoms with Gasteiger partial charge in [-0.1, -0.05) is 157 Å². The smallest absolute Gasteiger partial charge is 0.105 e. The fraction of sp³-hybridized carbons (Fsp3) is 0.647. The molecule has 2 aromatic carbocycles. The maximum atomic E-state index is 6.38. The number of benzene rings is 2. The first-order chi connectivity index (χ1) is 17.8. The summed E-state index contributed by atoms with van der Waals surface area (Å²) in [6.07, 6.45) is 22.7. The molecule has 0 N–H and O–H groups in total. The third-order valence-corrected chi connectivity index (χ3v) is 7.94. The van der Waals surface area contributed by atoms with Crippen LogP contribution in [-0.2, 0) is 13.1 Å². The lowest BCUT2D eigenvalue weighted by atomic mass is 10.0. The Morgan fingerprint density at radius 3 is 1.19 bits per heavy atom. The highest BCUT2D eigenvalue weighted by molar-refractivity contribution is 6.17. The fourth-order valence-electron chi connectivity index (χ4n) is 5.60. The first kappa shape index (κ1) is 34.0. The Kier molecular flexibility index (Phi) is 21.1. The highest BCUT2D eigenvalue weighted by Gasteiger charge is 2.27. The predicted octanol–water partition coefficient (Wildman–Crippen LogP) is 7.71. The van der Waals surface area contributed by atoms with E-state index in [0.717, 1.165) is 30.0 Å². The summed E-state index contributed by atoms with van der Waals surface area (Å²) < 4.78 is 1.07. The first-order valence-corrected chi connectivity index (χ1v) is 15.8. The molecule has 0 heterocycles. The van der Waals surface area contributed by atoms with Crippen molar-refractivity contribution < 1.29 is 16.9 Å². The van der Waals surface area contributed by atoms with Gasteiger partial charge in [0.2, 0.25) is 0 Å². The molecule has 1 nitrogen and oxygen atoms in total. The molecule has 0 aliphatic carbocycles. The number of rotatable bonds is 23. The van der Waals surface area contributed by atoms with Gasteiger partial charge in [0.1, 0.15) is 13.1 Å². The lowest BCUT2D eigenvalue weighted by molar-refractivity contribution is -0.951. The first-order valence-electron chi connectivity index (χ1n) is 15.3. The predicted molar refractivity (Wildman–Crippen MR) is 161 cm³/mol. The summed E-state index contributed by atoms with van der Waals surface area (Å²) in [7, 11) is 0. The molecule has 2 rings (SSSR count). The molecule has 0 saturated heterocycles. The fourth-order valence-corrected chi connectivity index (χ4v) is 5.96. The number of quaternary nitrogens is 1. The minimum atomic E-state index is 0. The van der Waals surface area contributed by atoms with Crippen molar-refractivity contribution >= 4 is 11.6 Å². The SMILES string of the molecule is CCCCCCCCCCCCCCCCCC[N+](CCCl)(Cc1ccccc1)Cc1ccccc1.[Cl-]. The van der Waals surface area contributed by atoms with Crippen LogP contribution in [0.4, 0.5) is 0 Å². The van der Waals surface area contributed by atoms with E-state index in [1.54, 1.807) is 0 Å². The summed E-state index contributed by atoms with van der Waals surface area (Å²) in [6, 6.07) is 22.0. The van der Waals surface area contributed by atoms with Crippen LogP contribution in [0.5, 0.6) is 0 Å². The van der Waals surface area contributed by atoms with Gasteiger partial charge in [-0.2, -0.15) is 0 Å². The average molecular weight is 549 g/mol. The van der Waals surface area contributed by atoms with Crippen LogP contribution < -0.4 is 12.4 Å². The highest BCUT2D eigenvalue weighted by atomic mass is 35.5. The van der Waals surface area contributed by atoms with Crippen molar-refractivity contribution in [2.75, 3.05) is 19.0 Å². The molecular weight excluding hydrogens is 493 g/mol. The Labute approximate surface area is 241 Å². The van der Waals surface area contributed by atoms with Crippen LogP contribution in [0.1, 0.15) is 121 Å². The van der Waals surface area contributed by atoms with E-state index in [0.29, 0.717) is 0 Å². The molecule has 0 unspecified atom stereocenters. The van der Waals surface area contributed by atoms with Gasteiger partial charge in [0.25, 0.3) is 0 Å². The third-order valence-electron chi connectivity index (χ3n) is 7.77. The van der Waals surface area contributed by atoms with E-state index in [2.05, 4.69) is 67.6 Å². The zero-order valence-electron chi connectivity index (χ0n) is 23.8. The van der Waals surface area contributed by atoms with Crippen LogP contribution in [0.3, 0.4) is 0 Å². The van der Waals surface area contributed by atoms with Crippen molar-refractivity contribution in [3.8, 4) is 0 Å². The van der Waals surface area contributed by atoms with Crippen LogP contribution in [-0.4, -0.2) is 23.5 Å². The van der Waals surface area contributed by atoms with Crippen molar-refractivity contribution in [2.45, 2.75) is 123 Å². The van der Waals surface area contributed by atoms with Gasteiger partial charge in [-0.15, -0.1) is 11.6 Å². The number of hydrogen-bond acceptors (Lipinski definition) is 0. The molecule has 3 heteroatoms. The maximum absolute atomic E-state index is 6.38. The Hall–Kier alpha value is -1.02. The Balaban J connectivity index is 0.00000684. The van der Waals surface area contributed by atoms with Crippen molar-refractivity contribution in [1.29, 1.82) is 0 Å². The van der Waals surface area contributed by atoms with E-state index in [1.807, 2.05) is 0 Å². The minimum absolute atomic E-state index is 0. The second-order valence-electron chi connectivity index (χ2n) is 11.1. The summed E-state index contributed by atoms with van der Waals surface area (Å²) in [6.45, 7) is 6.69. The molecule has 0 aliphatic rings. The molecule has 0 atom stereocenters. The van der Waals surface area contributed by atoms with Crippen molar-refractivity contribution in [3.63, 3.8) is 0 Å².